The van der Waals surface area contributed by atoms with Gasteiger partial charge in [-0.2, -0.15) is 13.2 Å². The molecule has 2 N–H and O–H groups in total. The lowest BCUT2D eigenvalue weighted by molar-refractivity contribution is -0.135. The molecule has 37 heavy (non-hydrogen) atoms. The highest BCUT2D eigenvalue weighted by Gasteiger charge is 2.26. The van der Waals surface area contributed by atoms with E-state index in [0.717, 1.165) is 0 Å². The first-order valence-corrected chi connectivity index (χ1v) is 12.0. The Labute approximate surface area is 216 Å². The Bertz CT molecular complexity index is 1250. The smallest absolute Gasteiger partial charge is 0.389 e. The number of benzene rings is 2. The minimum absolute atomic E-state index is 0.0365. The van der Waals surface area contributed by atoms with Crippen LogP contribution in [0.2, 0.25) is 5.02 Å². The lowest BCUT2D eigenvalue weighted by Gasteiger charge is -2.15. The summed E-state index contributed by atoms with van der Waals surface area (Å²) in [7, 11) is 0. The summed E-state index contributed by atoms with van der Waals surface area (Å²) >= 11 is 5.93. The second-order valence-electron chi connectivity index (χ2n) is 8.25. The van der Waals surface area contributed by atoms with Crippen LogP contribution in [0.3, 0.4) is 0 Å². The maximum atomic E-state index is 13.1. The predicted molar refractivity (Wildman–Crippen MR) is 134 cm³/mol. The molecule has 1 heterocycles. The molecule has 3 rings (SSSR count). The summed E-state index contributed by atoms with van der Waals surface area (Å²) in [5.74, 6) is -0.124. The molecule has 0 bridgehead atoms. The van der Waals surface area contributed by atoms with E-state index in [1.807, 2.05) is 0 Å². The molecule has 0 saturated heterocycles. The van der Waals surface area contributed by atoms with Gasteiger partial charge in [-0.3, -0.25) is 14.2 Å². The van der Waals surface area contributed by atoms with Crippen molar-refractivity contribution in [2.75, 3.05) is 26.4 Å². The molecule has 198 valence electrons. The van der Waals surface area contributed by atoms with Gasteiger partial charge in [0.25, 0.3) is 11.5 Å². The number of aliphatic hydroxyl groups is 1. The third kappa shape index (κ3) is 8.99. The predicted octanol–water partition coefficient (Wildman–Crippen LogP) is 4.24. The Balaban J connectivity index is 1.84. The van der Waals surface area contributed by atoms with Crippen LogP contribution >= 0.6 is 11.6 Å². The molecule has 11 heteroatoms. The zero-order valence-electron chi connectivity index (χ0n) is 19.9. The average Bonchev–Trinajstić information content (AvgIpc) is 2.85. The number of carbonyl (C=O) groups is 1. The Morgan fingerprint density at radius 2 is 1.86 bits per heavy atom. The second-order valence-corrected chi connectivity index (χ2v) is 8.69. The summed E-state index contributed by atoms with van der Waals surface area (Å²) in [5, 5.41) is 11.9. The second kappa shape index (κ2) is 13.4. The van der Waals surface area contributed by atoms with Crippen molar-refractivity contribution < 1.29 is 27.8 Å². The molecule has 0 radical (unpaired) electrons. The first kappa shape index (κ1) is 28.4. The first-order chi connectivity index (χ1) is 17.7. The van der Waals surface area contributed by atoms with Gasteiger partial charge in [0.2, 0.25) is 0 Å². The molecule has 1 amide bonds. The number of aromatic nitrogens is 2. The summed E-state index contributed by atoms with van der Waals surface area (Å²) in [6, 6.07) is 14.6. The Morgan fingerprint density at radius 1 is 1.11 bits per heavy atom. The van der Waals surface area contributed by atoms with Crippen LogP contribution in [-0.2, 0) is 17.7 Å². The highest BCUT2D eigenvalue weighted by molar-refractivity contribution is 6.30. The molecule has 0 atom stereocenters. The van der Waals surface area contributed by atoms with Crippen molar-refractivity contribution in [3.63, 3.8) is 0 Å². The highest BCUT2D eigenvalue weighted by atomic mass is 35.5. The summed E-state index contributed by atoms with van der Waals surface area (Å²) in [5.41, 5.74) is 1.52. The molecule has 3 aromatic rings. The molecule has 0 aliphatic carbocycles. The van der Waals surface area contributed by atoms with Gasteiger partial charge < -0.3 is 15.2 Å². The summed E-state index contributed by atoms with van der Waals surface area (Å²) < 4.78 is 44.8. The largest absolute Gasteiger partial charge is 0.394 e. The van der Waals surface area contributed by atoms with E-state index < -0.39 is 18.2 Å². The molecule has 0 fully saturated rings. The number of nitrogens with zero attached hydrogens (tertiary/aromatic N) is 2. The van der Waals surface area contributed by atoms with Gasteiger partial charge in [-0.1, -0.05) is 35.9 Å². The molecule has 0 aliphatic rings. The fourth-order valence-corrected chi connectivity index (χ4v) is 3.75. The van der Waals surface area contributed by atoms with E-state index in [2.05, 4.69) is 10.3 Å². The number of alkyl halides is 3. The minimum Gasteiger partial charge on any atom is -0.394 e. The van der Waals surface area contributed by atoms with Crippen LogP contribution in [0, 0.1) is 0 Å². The number of hydrogen-bond donors (Lipinski definition) is 2. The van der Waals surface area contributed by atoms with Gasteiger partial charge in [0.15, 0.2) is 0 Å². The van der Waals surface area contributed by atoms with E-state index in [1.165, 1.54) is 10.6 Å². The monoisotopic (exact) mass is 537 g/mol. The Morgan fingerprint density at radius 3 is 2.57 bits per heavy atom. The van der Waals surface area contributed by atoms with E-state index in [0.29, 0.717) is 27.4 Å². The lowest BCUT2D eigenvalue weighted by atomic mass is 10.1. The van der Waals surface area contributed by atoms with Crippen LogP contribution < -0.4 is 10.9 Å². The van der Waals surface area contributed by atoms with E-state index >= 15 is 0 Å². The number of aryl methyl sites for hydroxylation is 1. The van der Waals surface area contributed by atoms with Crippen molar-refractivity contribution in [1.82, 2.24) is 14.9 Å². The molecular formula is C26H27ClF3N3O4. The molecule has 0 spiro atoms. The van der Waals surface area contributed by atoms with Crippen molar-refractivity contribution in [3.05, 3.63) is 86.9 Å². The van der Waals surface area contributed by atoms with Crippen molar-refractivity contribution in [2.24, 2.45) is 0 Å². The van der Waals surface area contributed by atoms with Crippen LogP contribution in [-0.4, -0.2) is 53.1 Å². The van der Waals surface area contributed by atoms with E-state index in [-0.39, 0.29) is 57.5 Å². The first-order valence-electron chi connectivity index (χ1n) is 11.7. The van der Waals surface area contributed by atoms with Crippen molar-refractivity contribution >= 4 is 17.5 Å². The zero-order chi connectivity index (χ0) is 26.8. The fraction of sp³-hybridized carbons (Fsp3) is 0.346. The summed E-state index contributed by atoms with van der Waals surface area (Å²) in [4.78, 5) is 30.1. The van der Waals surface area contributed by atoms with Crippen molar-refractivity contribution in [2.45, 2.75) is 32.0 Å². The average molecular weight is 538 g/mol. The van der Waals surface area contributed by atoms with Gasteiger partial charge in [-0.05, 0) is 36.2 Å². The maximum absolute atomic E-state index is 13.1. The molecule has 0 unspecified atom stereocenters. The van der Waals surface area contributed by atoms with E-state index in [1.54, 1.807) is 48.5 Å². The van der Waals surface area contributed by atoms with Crippen LogP contribution in [0.4, 0.5) is 13.2 Å². The van der Waals surface area contributed by atoms with Crippen LogP contribution in [0.15, 0.2) is 59.4 Å². The number of halogens is 4. The topological polar surface area (TPSA) is 93.4 Å². The molecule has 7 nitrogen and oxygen atoms in total. The molecular weight excluding hydrogens is 511 g/mol. The number of rotatable bonds is 12. The van der Waals surface area contributed by atoms with Gasteiger partial charge >= 0.3 is 6.18 Å². The van der Waals surface area contributed by atoms with Gasteiger partial charge in [-0.25, -0.2) is 4.98 Å². The fourth-order valence-electron chi connectivity index (χ4n) is 3.63. The van der Waals surface area contributed by atoms with Gasteiger partial charge in [0.05, 0.1) is 32.1 Å². The number of ether oxygens (including phenoxy) is 1. The van der Waals surface area contributed by atoms with Gasteiger partial charge in [0.1, 0.15) is 5.82 Å². The van der Waals surface area contributed by atoms with Crippen LogP contribution in [0.25, 0.3) is 11.3 Å². The molecule has 2 aromatic carbocycles. The number of aliphatic hydroxyl groups excluding tert-OH is 1. The molecule has 0 aliphatic heterocycles. The van der Waals surface area contributed by atoms with Gasteiger partial charge in [-0.15, -0.1) is 0 Å². The third-order valence-corrected chi connectivity index (χ3v) is 5.64. The summed E-state index contributed by atoms with van der Waals surface area (Å²) in [6.45, 7) is 0.602. The van der Waals surface area contributed by atoms with Crippen LogP contribution in [0.1, 0.15) is 34.6 Å². The van der Waals surface area contributed by atoms with Crippen molar-refractivity contribution in [1.29, 1.82) is 0 Å². The van der Waals surface area contributed by atoms with E-state index in [9.17, 15) is 22.8 Å². The standard InChI is InChI=1S/C26H27ClF3N3O4/c27-21-8-6-19(7-9-21)22-16-24(35)33(23(32-22)5-2-10-26(28,29)30)17-18-3-1-4-20(15-18)25(36)31-11-13-37-14-12-34/h1,3-4,6-9,15-16,34H,2,5,10-14,17H2,(H,31,36). The number of amides is 1. The molecule has 1 aromatic heterocycles. The number of hydrogen-bond acceptors (Lipinski definition) is 5. The highest BCUT2D eigenvalue weighted by Crippen LogP contribution is 2.23. The minimum atomic E-state index is -4.32. The normalized spacial score (nSPS) is 11.5. The lowest BCUT2D eigenvalue weighted by Crippen LogP contribution is -2.28. The Kier molecular flexibility index (Phi) is 10.2. The quantitative estimate of drug-likeness (QED) is 0.337. The summed E-state index contributed by atoms with van der Waals surface area (Å²) in [6.07, 6.45) is -5.58. The number of nitrogens with one attached hydrogen (secondary N) is 1. The third-order valence-electron chi connectivity index (χ3n) is 5.39. The van der Waals surface area contributed by atoms with Gasteiger partial charge in [0, 0.05) is 41.6 Å². The van der Waals surface area contributed by atoms with E-state index in [4.69, 9.17) is 21.4 Å². The zero-order valence-corrected chi connectivity index (χ0v) is 20.7. The maximum Gasteiger partial charge on any atom is 0.389 e. The number of carbonyl (C=O) groups excluding carboxylic acids is 1. The SMILES string of the molecule is O=C(NCCOCCO)c1cccc(Cn2c(CCCC(F)(F)F)nc(-c3ccc(Cl)cc3)cc2=O)c1. The van der Waals surface area contributed by atoms with Crippen LogP contribution in [0.5, 0.6) is 0 Å². The van der Waals surface area contributed by atoms with Crippen molar-refractivity contribution in [3.8, 4) is 11.3 Å². The Hall–Kier alpha value is -3.21. The molecule has 0 saturated carbocycles.